The van der Waals surface area contributed by atoms with Crippen molar-refractivity contribution in [2.24, 2.45) is 0 Å². The standard InChI is InChI=1S/C17H18BrN3O/c1-17(2,3)12-5-6-13-14(9-12)20-21(19-13)15-8-11(10-18)4-7-16(15)22/h4-9,22H,10H2,1-3H3. The molecule has 0 aliphatic heterocycles. The van der Waals surface area contributed by atoms with E-state index in [0.717, 1.165) is 21.9 Å². The molecule has 3 rings (SSSR count). The van der Waals surface area contributed by atoms with Crippen molar-refractivity contribution in [3.8, 4) is 11.4 Å². The average Bonchev–Trinajstić information content (AvgIpc) is 2.89. The second kappa shape index (κ2) is 5.39. The number of nitrogens with zero attached hydrogens (tertiary/aromatic N) is 3. The van der Waals surface area contributed by atoms with Crippen molar-refractivity contribution in [3.05, 3.63) is 47.5 Å². The molecule has 0 aliphatic carbocycles. The van der Waals surface area contributed by atoms with E-state index in [0.29, 0.717) is 5.69 Å². The van der Waals surface area contributed by atoms with E-state index >= 15 is 0 Å². The zero-order valence-electron chi connectivity index (χ0n) is 12.8. The van der Waals surface area contributed by atoms with Crippen molar-refractivity contribution >= 4 is 27.0 Å². The molecule has 0 bridgehead atoms. The molecule has 4 nitrogen and oxygen atoms in total. The molecule has 0 amide bonds. The third-order valence-electron chi connectivity index (χ3n) is 3.66. The lowest BCUT2D eigenvalue weighted by Crippen LogP contribution is -2.10. The summed E-state index contributed by atoms with van der Waals surface area (Å²) in [6.07, 6.45) is 0. The van der Waals surface area contributed by atoms with Gasteiger partial charge in [-0.15, -0.1) is 15.0 Å². The Bertz CT molecular complexity index is 834. The largest absolute Gasteiger partial charge is 0.506 e. The van der Waals surface area contributed by atoms with Crippen LogP contribution < -0.4 is 0 Å². The van der Waals surface area contributed by atoms with E-state index in [4.69, 9.17) is 0 Å². The number of hydrogen-bond donors (Lipinski definition) is 1. The van der Waals surface area contributed by atoms with Crippen LogP contribution in [-0.4, -0.2) is 20.1 Å². The van der Waals surface area contributed by atoms with Crippen LogP contribution in [0.1, 0.15) is 31.9 Å². The Hall–Kier alpha value is -1.88. The van der Waals surface area contributed by atoms with Crippen LogP contribution in [0.5, 0.6) is 5.75 Å². The zero-order valence-corrected chi connectivity index (χ0v) is 14.4. The molecular weight excluding hydrogens is 342 g/mol. The first-order valence-electron chi connectivity index (χ1n) is 7.14. The summed E-state index contributed by atoms with van der Waals surface area (Å²) in [6.45, 7) is 6.51. The summed E-state index contributed by atoms with van der Waals surface area (Å²) < 4.78 is 0. The molecule has 0 spiro atoms. The van der Waals surface area contributed by atoms with Gasteiger partial charge in [0.15, 0.2) is 0 Å². The fourth-order valence-corrected chi connectivity index (χ4v) is 2.65. The van der Waals surface area contributed by atoms with Gasteiger partial charge in [0.2, 0.25) is 0 Å². The van der Waals surface area contributed by atoms with Gasteiger partial charge in [-0.2, -0.15) is 0 Å². The van der Waals surface area contributed by atoms with Gasteiger partial charge in [0.05, 0.1) is 0 Å². The Morgan fingerprint density at radius 3 is 2.45 bits per heavy atom. The molecule has 1 aromatic heterocycles. The molecule has 114 valence electrons. The number of halogens is 1. The fraction of sp³-hybridized carbons (Fsp3) is 0.294. The summed E-state index contributed by atoms with van der Waals surface area (Å²) in [5.41, 5.74) is 4.57. The van der Waals surface area contributed by atoms with E-state index in [1.807, 2.05) is 18.2 Å². The number of phenols is 1. The lowest BCUT2D eigenvalue weighted by atomic mass is 9.87. The Kier molecular flexibility index (Phi) is 3.68. The fourth-order valence-electron chi connectivity index (χ4n) is 2.30. The number of rotatable bonds is 2. The van der Waals surface area contributed by atoms with Gasteiger partial charge in [0, 0.05) is 5.33 Å². The van der Waals surface area contributed by atoms with Crippen LogP contribution in [-0.2, 0) is 10.7 Å². The molecule has 0 radical (unpaired) electrons. The van der Waals surface area contributed by atoms with E-state index in [1.165, 1.54) is 10.4 Å². The van der Waals surface area contributed by atoms with Crippen LogP contribution in [0.25, 0.3) is 16.7 Å². The van der Waals surface area contributed by atoms with E-state index in [1.54, 1.807) is 6.07 Å². The molecule has 0 unspecified atom stereocenters. The maximum Gasteiger partial charge on any atom is 0.143 e. The van der Waals surface area contributed by atoms with E-state index < -0.39 is 0 Å². The number of benzene rings is 2. The van der Waals surface area contributed by atoms with Crippen molar-refractivity contribution in [3.63, 3.8) is 0 Å². The molecular formula is C17H18BrN3O. The lowest BCUT2D eigenvalue weighted by molar-refractivity contribution is 0.467. The number of phenolic OH excluding ortho intramolecular Hbond substituents is 1. The van der Waals surface area contributed by atoms with Gasteiger partial charge < -0.3 is 5.11 Å². The molecule has 0 saturated heterocycles. The first-order valence-corrected chi connectivity index (χ1v) is 8.26. The molecule has 2 aromatic carbocycles. The topological polar surface area (TPSA) is 50.9 Å². The minimum atomic E-state index is 0.0655. The van der Waals surface area contributed by atoms with Crippen molar-refractivity contribution in [1.82, 2.24) is 15.0 Å². The van der Waals surface area contributed by atoms with Gasteiger partial charge in [0.25, 0.3) is 0 Å². The number of fused-ring (bicyclic) bond motifs is 1. The second-order valence-corrected chi connectivity index (χ2v) is 6.96. The summed E-state index contributed by atoms with van der Waals surface area (Å²) >= 11 is 3.42. The summed E-state index contributed by atoms with van der Waals surface area (Å²) in [5.74, 6) is 0.168. The third-order valence-corrected chi connectivity index (χ3v) is 4.30. The van der Waals surface area contributed by atoms with E-state index in [-0.39, 0.29) is 11.2 Å². The molecule has 0 fully saturated rings. The summed E-state index contributed by atoms with van der Waals surface area (Å²) in [4.78, 5) is 1.50. The summed E-state index contributed by atoms with van der Waals surface area (Å²) in [7, 11) is 0. The maximum atomic E-state index is 10.1. The van der Waals surface area contributed by atoms with E-state index in [9.17, 15) is 5.11 Å². The van der Waals surface area contributed by atoms with Crippen molar-refractivity contribution in [1.29, 1.82) is 0 Å². The predicted molar refractivity (Wildman–Crippen MR) is 91.9 cm³/mol. The minimum absolute atomic E-state index is 0.0655. The Labute approximate surface area is 137 Å². The van der Waals surface area contributed by atoms with E-state index in [2.05, 4.69) is 59.0 Å². The quantitative estimate of drug-likeness (QED) is 0.693. The molecule has 22 heavy (non-hydrogen) atoms. The second-order valence-electron chi connectivity index (χ2n) is 6.40. The van der Waals surface area contributed by atoms with Gasteiger partial charge in [-0.05, 0) is 40.8 Å². The van der Waals surface area contributed by atoms with Crippen LogP contribution in [0.2, 0.25) is 0 Å². The average molecular weight is 360 g/mol. The van der Waals surface area contributed by atoms with Crippen LogP contribution in [0.4, 0.5) is 0 Å². The Morgan fingerprint density at radius 1 is 1.05 bits per heavy atom. The predicted octanol–water partition coefficient (Wildman–Crippen LogP) is 4.32. The minimum Gasteiger partial charge on any atom is -0.506 e. The molecule has 1 heterocycles. The molecule has 5 heteroatoms. The summed E-state index contributed by atoms with van der Waals surface area (Å²) in [6, 6.07) is 11.5. The molecule has 0 atom stereocenters. The van der Waals surface area contributed by atoms with Crippen molar-refractivity contribution in [2.75, 3.05) is 0 Å². The smallest absolute Gasteiger partial charge is 0.143 e. The molecule has 0 saturated carbocycles. The number of hydrogen-bond acceptors (Lipinski definition) is 3. The number of alkyl halides is 1. The van der Waals surface area contributed by atoms with Gasteiger partial charge in [0.1, 0.15) is 22.5 Å². The highest BCUT2D eigenvalue weighted by Crippen LogP contribution is 2.27. The zero-order chi connectivity index (χ0) is 15.9. The third kappa shape index (κ3) is 2.73. The first kappa shape index (κ1) is 15.0. The monoisotopic (exact) mass is 359 g/mol. The highest BCUT2D eigenvalue weighted by molar-refractivity contribution is 9.08. The summed E-state index contributed by atoms with van der Waals surface area (Å²) in [5, 5.41) is 19.8. The van der Waals surface area contributed by atoms with Gasteiger partial charge in [-0.1, -0.05) is 48.8 Å². The van der Waals surface area contributed by atoms with Crippen molar-refractivity contribution < 1.29 is 5.11 Å². The van der Waals surface area contributed by atoms with Gasteiger partial charge in [-0.25, -0.2) is 0 Å². The maximum absolute atomic E-state index is 10.1. The van der Waals surface area contributed by atoms with Crippen LogP contribution in [0.15, 0.2) is 36.4 Å². The highest BCUT2D eigenvalue weighted by Gasteiger charge is 2.16. The van der Waals surface area contributed by atoms with Crippen LogP contribution in [0, 0.1) is 0 Å². The van der Waals surface area contributed by atoms with Crippen molar-refractivity contribution in [2.45, 2.75) is 31.5 Å². The molecule has 3 aromatic rings. The normalized spacial score (nSPS) is 12.0. The van der Waals surface area contributed by atoms with Crippen LogP contribution >= 0.6 is 15.9 Å². The number of aromatic nitrogens is 3. The lowest BCUT2D eigenvalue weighted by Gasteiger charge is -2.18. The molecule has 1 N–H and O–H groups in total. The first-order chi connectivity index (χ1) is 10.4. The number of aromatic hydroxyl groups is 1. The Balaban J connectivity index is 2.13. The van der Waals surface area contributed by atoms with Gasteiger partial charge in [-0.3, -0.25) is 0 Å². The SMILES string of the molecule is CC(C)(C)c1ccc2nn(-c3cc(CBr)ccc3O)nc2c1. The van der Waals surface area contributed by atoms with Gasteiger partial charge >= 0.3 is 0 Å². The highest BCUT2D eigenvalue weighted by atomic mass is 79.9. The molecule has 0 aliphatic rings. The van der Waals surface area contributed by atoms with Crippen LogP contribution in [0.3, 0.4) is 0 Å². The Morgan fingerprint density at radius 2 is 1.77 bits per heavy atom.